The average Bonchev–Trinajstić information content (AvgIpc) is 2.93. The van der Waals surface area contributed by atoms with Gasteiger partial charge in [-0.1, -0.05) is 25.1 Å². The van der Waals surface area contributed by atoms with Crippen LogP contribution >= 0.6 is 0 Å². The Kier molecular flexibility index (Phi) is 4.99. The molecule has 1 aromatic carbocycles. The minimum absolute atomic E-state index is 0.0311. The molecule has 2 rings (SSSR count). The molecule has 0 aliphatic carbocycles. The molecular weight excluding hydrogens is 280 g/mol. The molecule has 22 heavy (non-hydrogen) atoms. The van der Waals surface area contributed by atoms with Gasteiger partial charge in [0.05, 0.1) is 6.54 Å². The van der Waals surface area contributed by atoms with Crippen LogP contribution in [-0.2, 0) is 11.2 Å². The quantitative estimate of drug-likeness (QED) is 0.923. The summed E-state index contributed by atoms with van der Waals surface area (Å²) in [5, 5.41) is 2.84. The Morgan fingerprint density at radius 1 is 1.18 bits per heavy atom. The molecule has 0 bridgehead atoms. The average molecular weight is 300 g/mol. The molecule has 0 saturated carbocycles. The highest BCUT2D eigenvalue weighted by Crippen LogP contribution is 2.15. The number of para-hydroxylation sites is 1. The number of hydrogen-bond donors (Lipinski definition) is 1. The van der Waals surface area contributed by atoms with Crippen molar-refractivity contribution < 1.29 is 14.0 Å². The van der Waals surface area contributed by atoms with Crippen LogP contribution in [0.2, 0.25) is 0 Å². The summed E-state index contributed by atoms with van der Waals surface area (Å²) < 4.78 is 5.28. The van der Waals surface area contributed by atoms with Crippen molar-refractivity contribution >= 4 is 17.5 Å². The Labute approximate surface area is 129 Å². The third kappa shape index (κ3) is 3.75. The predicted molar refractivity (Wildman–Crippen MR) is 84.9 cm³/mol. The molecule has 0 aliphatic heterocycles. The highest BCUT2D eigenvalue weighted by molar-refractivity contribution is 5.98. The second-order valence-corrected chi connectivity index (χ2v) is 5.13. The Balaban J connectivity index is 1.98. The summed E-state index contributed by atoms with van der Waals surface area (Å²) in [6, 6.07) is 11.0. The lowest BCUT2D eigenvalue weighted by Crippen LogP contribution is -2.34. The fourth-order valence-electron chi connectivity index (χ4n) is 2.17. The van der Waals surface area contributed by atoms with E-state index in [9.17, 15) is 9.59 Å². The van der Waals surface area contributed by atoms with E-state index in [1.165, 1.54) is 4.90 Å². The van der Waals surface area contributed by atoms with Crippen LogP contribution in [0.3, 0.4) is 0 Å². The van der Waals surface area contributed by atoms with Gasteiger partial charge < -0.3 is 14.6 Å². The second-order valence-electron chi connectivity index (χ2n) is 5.13. The Hall–Kier alpha value is -2.56. The number of benzene rings is 1. The predicted octanol–water partition coefficient (Wildman–Crippen LogP) is 2.86. The van der Waals surface area contributed by atoms with Crippen LogP contribution in [0.4, 0.5) is 5.69 Å². The molecule has 0 saturated heterocycles. The fourth-order valence-corrected chi connectivity index (χ4v) is 2.17. The van der Waals surface area contributed by atoms with Gasteiger partial charge in [0.2, 0.25) is 5.91 Å². The molecule has 0 radical (unpaired) electrons. The molecule has 0 aliphatic rings. The lowest BCUT2D eigenvalue weighted by molar-refractivity contribution is -0.116. The molecule has 0 unspecified atom stereocenters. The number of amides is 2. The summed E-state index contributed by atoms with van der Waals surface area (Å²) in [6.07, 6.45) is 0.830. The van der Waals surface area contributed by atoms with Gasteiger partial charge >= 0.3 is 0 Å². The van der Waals surface area contributed by atoms with Crippen molar-refractivity contribution in [1.29, 1.82) is 0 Å². The van der Waals surface area contributed by atoms with Crippen LogP contribution in [0.15, 0.2) is 40.8 Å². The summed E-state index contributed by atoms with van der Waals surface area (Å²) in [6.45, 7) is 3.77. The van der Waals surface area contributed by atoms with Crippen LogP contribution < -0.4 is 5.32 Å². The van der Waals surface area contributed by atoms with Gasteiger partial charge in [-0.25, -0.2) is 0 Å². The van der Waals surface area contributed by atoms with Gasteiger partial charge in [0.25, 0.3) is 5.91 Å². The number of hydrogen-bond acceptors (Lipinski definition) is 3. The largest absolute Gasteiger partial charge is 0.456 e. The zero-order valence-corrected chi connectivity index (χ0v) is 13.1. The highest BCUT2D eigenvalue weighted by Gasteiger charge is 2.18. The van der Waals surface area contributed by atoms with E-state index < -0.39 is 0 Å². The first kappa shape index (κ1) is 15.8. The van der Waals surface area contributed by atoms with E-state index in [4.69, 9.17) is 4.42 Å². The van der Waals surface area contributed by atoms with Gasteiger partial charge in [-0.2, -0.15) is 0 Å². The topological polar surface area (TPSA) is 62.6 Å². The van der Waals surface area contributed by atoms with E-state index in [1.807, 2.05) is 31.2 Å². The lowest BCUT2D eigenvalue weighted by Gasteiger charge is -2.16. The van der Waals surface area contributed by atoms with Gasteiger partial charge in [0.15, 0.2) is 5.76 Å². The van der Waals surface area contributed by atoms with E-state index in [-0.39, 0.29) is 24.1 Å². The number of aryl methyl sites for hydroxylation is 2. The number of carbonyl (C=O) groups is 2. The van der Waals surface area contributed by atoms with Crippen LogP contribution in [-0.4, -0.2) is 30.3 Å². The van der Waals surface area contributed by atoms with Crippen LogP contribution in [0, 0.1) is 6.92 Å². The number of rotatable bonds is 5. The molecular formula is C17H20N2O3. The molecule has 1 heterocycles. The van der Waals surface area contributed by atoms with Crippen molar-refractivity contribution in [1.82, 2.24) is 4.90 Å². The molecule has 1 N–H and O–H groups in total. The van der Waals surface area contributed by atoms with Gasteiger partial charge in [0, 0.05) is 12.7 Å². The van der Waals surface area contributed by atoms with Crippen LogP contribution in [0.1, 0.15) is 28.8 Å². The maximum Gasteiger partial charge on any atom is 0.289 e. The molecule has 0 atom stereocenters. The van der Waals surface area contributed by atoms with Crippen molar-refractivity contribution in [3.05, 3.63) is 53.5 Å². The Morgan fingerprint density at radius 2 is 1.91 bits per heavy atom. The van der Waals surface area contributed by atoms with E-state index in [1.54, 1.807) is 26.1 Å². The molecule has 0 fully saturated rings. The molecule has 116 valence electrons. The number of carbonyl (C=O) groups excluding carboxylic acids is 2. The van der Waals surface area contributed by atoms with E-state index >= 15 is 0 Å². The van der Waals surface area contributed by atoms with Gasteiger partial charge in [0.1, 0.15) is 5.76 Å². The summed E-state index contributed by atoms with van der Waals surface area (Å²) in [4.78, 5) is 25.6. The zero-order valence-electron chi connectivity index (χ0n) is 13.1. The Bertz CT molecular complexity index is 676. The second kappa shape index (κ2) is 6.93. The number of furan rings is 1. The molecule has 2 amide bonds. The molecule has 5 heteroatoms. The first-order valence-corrected chi connectivity index (χ1v) is 7.21. The number of anilines is 1. The Morgan fingerprint density at radius 3 is 2.55 bits per heavy atom. The number of likely N-dealkylation sites (N-methyl/N-ethyl adjacent to an activating group) is 1. The van der Waals surface area contributed by atoms with Crippen LogP contribution in [0.5, 0.6) is 0 Å². The van der Waals surface area contributed by atoms with Crippen molar-refractivity contribution in [3.8, 4) is 0 Å². The third-order valence-corrected chi connectivity index (χ3v) is 3.35. The maximum absolute atomic E-state index is 12.1. The first-order valence-electron chi connectivity index (χ1n) is 7.21. The standard InChI is InChI=1S/C17H20N2O3/c1-4-13-7-5-6-8-14(13)18-16(20)11-19(3)17(21)15-10-9-12(2)22-15/h5-10H,4,11H2,1-3H3,(H,18,20). The molecule has 0 spiro atoms. The summed E-state index contributed by atoms with van der Waals surface area (Å²) in [7, 11) is 1.57. The van der Waals surface area contributed by atoms with E-state index in [0.29, 0.717) is 5.76 Å². The van der Waals surface area contributed by atoms with E-state index in [0.717, 1.165) is 17.7 Å². The number of nitrogens with zero attached hydrogens (tertiary/aromatic N) is 1. The summed E-state index contributed by atoms with van der Waals surface area (Å²) in [5.74, 6) is 0.354. The van der Waals surface area contributed by atoms with Crippen molar-refractivity contribution in [2.45, 2.75) is 20.3 Å². The monoisotopic (exact) mass is 300 g/mol. The smallest absolute Gasteiger partial charge is 0.289 e. The maximum atomic E-state index is 12.1. The molecule has 1 aromatic heterocycles. The van der Waals surface area contributed by atoms with Crippen molar-refractivity contribution in [3.63, 3.8) is 0 Å². The summed E-state index contributed by atoms with van der Waals surface area (Å²) in [5.41, 5.74) is 1.84. The van der Waals surface area contributed by atoms with Crippen LogP contribution in [0.25, 0.3) is 0 Å². The highest BCUT2D eigenvalue weighted by atomic mass is 16.3. The zero-order chi connectivity index (χ0) is 16.1. The molecule has 2 aromatic rings. The van der Waals surface area contributed by atoms with Crippen molar-refractivity contribution in [2.75, 3.05) is 18.9 Å². The fraction of sp³-hybridized carbons (Fsp3) is 0.294. The van der Waals surface area contributed by atoms with Crippen molar-refractivity contribution in [2.24, 2.45) is 0 Å². The number of nitrogens with one attached hydrogen (secondary N) is 1. The first-order chi connectivity index (χ1) is 10.5. The normalized spacial score (nSPS) is 10.3. The summed E-state index contributed by atoms with van der Waals surface area (Å²) >= 11 is 0. The van der Waals surface area contributed by atoms with Gasteiger partial charge in [-0.05, 0) is 37.1 Å². The van der Waals surface area contributed by atoms with Gasteiger partial charge in [-0.3, -0.25) is 9.59 Å². The van der Waals surface area contributed by atoms with E-state index in [2.05, 4.69) is 5.32 Å². The lowest BCUT2D eigenvalue weighted by atomic mass is 10.1. The third-order valence-electron chi connectivity index (χ3n) is 3.35. The minimum atomic E-state index is -0.313. The van der Waals surface area contributed by atoms with Gasteiger partial charge in [-0.15, -0.1) is 0 Å². The molecule has 5 nitrogen and oxygen atoms in total. The minimum Gasteiger partial charge on any atom is -0.456 e. The SMILES string of the molecule is CCc1ccccc1NC(=O)CN(C)C(=O)c1ccc(C)o1.